The quantitative estimate of drug-likeness (QED) is 0.609. The summed E-state index contributed by atoms with van der Waals surface area (Å²) in [4.78, 5) is 20.9. The Kier molecular flexibility index (Phi) is 5.86. The minimum absolute atomic E-state index is 0.0807. The van der Waals surface area contributed by atoms with E-state index in [2.05, 4.69) is 32.0 Å². The number of thiazole rings is 1. The Hall–Kier alpha value is -2.16. The molecule has 0 spiro atoms. The second-order valence-electron chi connectivity index (χ2n) is 6.21. The molecule has 0 radical (unpaired) electrons. The van der Waals surface area contributed by atoms with E-state index < -0.39 is 0 Å². The molecular formula is C19H20N4O2S2. The number of amides is 1. The SMILES string of the molecule is O=C(CSc1ncc(-c2ccccc2)n1CC1CCCO1)Nc1nccs1. The number of aromatic nitrogens is 3. The lowest BCUT2D eigenvalue weighted by Gasteiger charge is -2.16. The van der Waals surface area contributed by atoms with Crippen LogP contribution in [0.15, 0.2) is 53.3 Å². The lowest BCUT2D eigenvalue weighted by Crippen LogP contribution is -2.18. The molecule has 0 bridgehead atoms. The van der Waals surface area contributed by atoms with Crippen molar-refractivity contribution >= 4 is 34.1 Å². The lowest BCUT2D eigenvalue weighted by atomic mass is 10.1. The van der Waals surface area contributed by atoms with E-state index in [0.717, 1.165) is 42.4 Å². The molecule has 3 heterocycles. The summed E-state index contributed by atoms with van der Waals surface area (Å²) >= 11 is 2.85. The van der Waals surface area contributed by atoms with E-state index in [1.54, 1.807) is 6.20 Å². The van der Waals surface area contributed by atoms with Gasteiger partial charge in [0.05, 0.1) is 30.3 Å². The Balaban J connectivity index is 1.50. The standard InChI is InChI=1S/C19H20N4O2S2/c24-17(22-18-20-8-10-26-18)13-27-19-21-11-16(14-5-2-1-3-6-14)23(19)12-15-7-4-9-25-15/h1-3,5-6,8,10-11,15H,4,7,9,12-13H2,(H,20,22,24). The molecule has 1 fully saturated rings. The van der Waals surface area contributed by atoms with Crippen molar-refractivity contribution in [2.75, 3.05) is 17.7 Å². The zero-order valence-electron chi connectivity index (χ0n) is 14.7. The summed E-state index contributed by atoms with van der Waals surface area (Å²) < 4.78 is 8.00. The van der Waals surface area contributed by atoms with Crippen LogP contribution in [-0.2, 0) is 16.1 Å². The first-order valence-electron chi connectivity index (χ1n) is 8.84. The Bertz CT molecular complexity index is 875. The summed E-state index contributed by atoms with van der Waals surface area (Å²) in [6.07, 6.45) is 5.91. The first-order chi connectivity index (χ1) is 13.3. The number of ether oxygens (including phenoxy) is 1. The normalized spacial score (nSPS) is 16.5. The van der Waals surface area contributed by atoms with E-state index in [4.69, 9.17) is 4.74 Å². The maximum absolute atomic E-state index is 12.2. The molecule has 2 aromatic heterocycles. The highest BCUT2D eigenvalue weighted by molar-refractivity contribution is 7.99. The van der Waals surface area contributed by atoms with E-state index >= 15 is 0 Å². The predicted molar refractivity (Wildman–Crippen MR) is 108 cm³/mol. The van der Waals surface area contributed by atoms with Crippen LogP contribution < -0.4 is 5.32 Å². The van der Waals surface area contributed by atoms with E-state index in [1.165, 1.54) is 23.1 Å². The van der Waals surface area contributed by atoms with E-state index in [9.17, 15) is 4.79 Å². The molecule has 1 amide bonds. The van der Waals surface area contributed by atoms with Crippen molar-refractivity contribution in [1.29, 1.82) is 0 Å². The average molecular weight is 401 g/mol. The minimum Gasteiger partial charge on any atom is -0.376 e. The third kappa shape index (κ3) is 4.58. The summed E-state index contributed by atoms with van der Waals surface area (Å²) in [6.45, 7) is 1.57. The number of imidazole rings is 1. The summed E-state index contributed by atoms with van der Waals surface area (Å²) in [5.74, 6) is 0.207. The number of anilines is 1. The Morgan fingerprint density at radius 1 is 1.33 bits per heavy atom. The molecule has 1 aliphatic heterocycles. The zero-order valence-corrected chi connectivity index (χ0v) is 16.3. The lowest BCUT2D eigenvalue weighted by molar-refractivity contribution is -0.113. The Morgan fingerprint density at radius 2 is 2.22 bits per heavy atom. The maximum atomic E-state index is 12.2. The summed E-state index contributed by atoms with van der Waals surface area (Å²) in [6, 6.07) is 10.2. The molecular weight excluding hydrogens is 380 g/mol. The van der Waals surface area contributed by atoms with Crippen LogP contribution in [0.5, 0.6) is 0 Å². The summed E-state index contributed by atoms with van der Waals surface area (Å²) in [5.41, 5.74) is 2.16. The van der Waals surface area contributed by atoms with Gasteiger partial charge in [-0.2, -0.15) is 0 Å². The van der Waals surface area contributed by atoms with Crippen LogP contribution >= 0.6 is 23.1 Å². The molecule has 1 atom stereocenters. The van der Waals surface area contributed by atoms with Crippen molar-refractivity contribution in [2.45, 2.75) is 30.6 Å². The highest BCUT2D eigenvalue weighted by Crippen LogP contribution is 2.28. The molecule has 27 heavy (non-hydrogen) atoms. The van der Waals surface area contributed by atoms with Crippen LogP contribution in [0, 0.1) is 0 Å². The fraction of sp³-hybridized carbons (Fsp3) is 0.316. The predicted octanol–water partition coefficient (Wildman–Crippen LogP) is 3.92. The number of hydrogen-bond donors (Lipinski definition) is 1. The van der Waals surface area contributed by atoms with Crippen LogP contribution in [0.3, 0.4) is 0 Å². The van der Waals surface area contributed by atoms with Gasteiger partial charge in [0.25, 0.3) is 0 Å². The Labute approximate surface area is 166 Å². The van der Waals surface area contributed by atoms with Gasteiger partial charge in [-0.15, -0.1) is 11.3 Å². The highest BCUT2D eigenvalue weighted by atomic mass is 32.2. The third-order valence-electron chi connectivity index (χ3n) is 4.31. The topological polar surface area (TPSA) is 69.0 Å². The van der Waals surface area contributed by atoms with Crippen LogP contribution in [-0.4, -0.2) is 38.9 Å². The number of hydrogen-bond acceptors (Lipinski definition) is 6. The largest absolute Gasteiger partial charge is 0.376 e. The Morgan fingerprint density at radius 3 is 2.96 bits per heavy atom. The molecule has 6 nitrogen and oxygen atoms in total. The fourth-order valence-corrected chi connectivity index (χ4v) is 4.39. The zero-order chi connectivity index (χ0) is 18.5. The molecule has 1 aromatic carbocycles. The van der Waals surface area contributed by atoms with E-state index in [-0.39, 0.29) is 17.8 Å². The van der Waals surface area contributed by atoms with Crippen LogP contribution in [0.25, 0.3) is 11.3 Å². The van der Waals surface area contributed by atoms with Gasteiger partial charge >= 0.3 is 0 Å². The number of carbonyl (C=O) groups excluding carboxylic acids is 1. The smallest absolute Gasteiger partial charge is 0.236 e. The van der Waals surface area contributed by atoms with Gasteiger partial charge in [0.15, 0.2) is 10.3 Å². The van der Waals surface area contributed by atoms with Crippen molar-refractivity contribution in [3.63, 3.8) is 0 Å². The molecule has 3 aromatic rings. The molecule has 4 rings (SSSR count). The second-order valence-corrected chi connectivity index (χ2v) is 8.05. The van der Waals surface area contributed by atoms with Crippen molar-refractivity contribution in [3.8, 4) is 11.3 Å². The number of nitrogens with one attached hydrogen (secondary N) is 1. The number of thioether (sulfide) groups is 1. The van der Waals surface area contributed by atoms with Gasteiger partial charge < -0.3 is 14.6 Å². The van der Waals surface area contributed by atoms with Crippen molar-refractivity contribution in [3.05, 3.63) is 48.1 Å². The van der Waals surface area contributed by atoms with Gasteiger partial charge in [0, 0.05) is 18.2 Å². The van der Waals surface area contributed by atoms with Crippen molar-refractivity contribution in [2.24, 2.45) is 0 Å². The molecule has 1 N–H and O–H groups in total. The van der Waals surface area contributed by atoms with Gasteiger partial charge in [-0.3, -0.25) is 4.79 Å². The monoisotopic (exact) mass is 400 g/mol. The third-order valence-corrected chi connectivity index (χ3v) is 5.99. The molecule has 1 unspecified atom stereocenters. The van der Waals surface area contributed by atoms with Crippen molar-refractivity contribution in [1.82, 2.24) is 14.5 Å². The van der Waals surface area contributed by atoms with E-state index in [1.807, 2.05) is 29.8 Å². The van der Waals surface area contributed by atoms with Crippen LogP contribution in [0.1, 0.15) is 12.8 Å². The van der Waals surface area contributed by atoms with Gasteiger partial charge in [-0.25, -0.2) is 9.97 Å². The van der Waals surface area contributed by atoms with Gasteiger partial charge in [0.2, 0.25) is 5.91 Å². The number of carbonyl (C=O) groups is 1. The van der Waals surface area contributed by atoms with Crippen LogP contribution in [0.4, 0.5) is 5.13 Å². The highest BCUT2D eigenvalue weighted by Gasteiger charge is 2.21. The van der Waals surface area contributed by atoms with Gasteiger partial charge in [-0.1, -0.05) is 42.1 Å². The van der Waals surface area contributed by atoms with Gasteiger partial charge in [-0.05, 0) is 18.4 Å². The molecule has 0 aliphatic carbocycles. The average Bonchev–Trinajstić information content (AvgIpc) is 3.44. The van der Waals surface area contributed by atoms with Gasteiger partial charge in [0.1, 0.15) is 0 Å². The number of nitrogens with zero attached hydrogens (tertiary/aromatic N) is 3. The summed E-state index contributed by atoms with van der Waals surface area (Å²) in [7, 11) is 0. The number of benzene rings is 1. The second kappa shape index (κ2) is 8.69. The molecule has 1 saturated heterocycles. The maximum Gasteiger partial charge on any atom is 0.236 e. The first-order valence-corrected chi connectivity index (χ1v) is 10.7. The summed E-state index contributed by atoms with van der Waals surface area (Å²) in [5, 5.41) is 6.10. The molecule has 0 saturated carbocycles. The molecule has 8 heteroatoms. The van der Waals surface area contributed by atoms with Crippen LogP contribution in [0.2, 0.25) is 0 Å². The minimum atomic E-state index is -0.0807. The fourth-order valence-electron chi connectivity index (χ4n) is 3.05. The van der Waals surface area contributed by atoms with Crippen molar-refractivity contribution < 1.29 is 9.53 Å². The molecule has 140 valence electrons. The first kappa shape index (κ1) is 18.2. The molecule has 1 aliphatic rings. The number of rotatable bonds is 7. The van der Waals surface area contributed by atoms with E-state index in [0.29, 0.717) is 5.13 Å².